The molecule has 180 valence electrons. The van der Waals surface area contributed by atoms with Gasteiger partial charge in [-0.3, -0.25) is 9.78 Å². The molecule has 0 radical (unpaired) electrons. The Morgan fingerprint density at radius 1 is 1.00 bits per heavy atom. The van der Waals surface area contributed by atoms with Gasteiger partial charge in [0.25, 0.3) is 5.91 Å². The molecule has 9 heteroatoms. The van der Waals surface area contributed by atoms with Crippen LogP contribution in [0, 0.1) is 0 Å². The molecule has 35 heavy (non-hydrogen) atoms. The quantitative estimate of drug-likeness (QED) is 0.278. The van der Waals surface area contributed by atoms with Gasteiger partial charge in [-0.15, -0.1) is 0 Å². The Hall–Kier alpha value is -4.11. The van der Waals surface area contributed by atoms with Crippen LogP contribution >= 0.6 is 0 Å². The smallest absolute Gasteiger partial charge is 0.251 e. The van der Waals surface area contributed by atoms with E-state index in [9.17, 15) is 9.90 Å². The summed E-state index contributed by atoms with van der Waals surface area (Å²) in [5.41, 5.74) is 4.15. The fourth-order valence-corrected chi connectivity index (χ4v) is 3.77. The highest BCUT2D eigenvalue weighted by Crippen LogP contribution is 2.22. The van der Waals surface area contributed by atoms with Crippen molar-refractivity contribution in [2.75, 3.05) is 30.8 Å². The third-order valence-corrected chi connectivity index (χ3v) is 5.62. The topological polar surface area (TPSA) is 125 Å². The van der Waals surface area contributed by atoms with Crippen molar-refractivity contribution in [3.05, 3.63) is 72.3 Å². The van der Waals surface area contributed by atoms with Gasteiger partial charge in [-0.1, -0.05) is 18.2 Å². The second kappa shape index (κ2) is 11.3. The molecule has 9 nitrogen and oxygen atoms in total. The second-order valence-corrected chi connectivity index (χ2v) is 8.21. The highest BCUT2D eigenvalue weighted by molar-refractivity contribution is 6.06. The Bertz CT molecular complexity index is 1290. The van der Waals surface area contributed by atoms with Crippen molar-refractivity contribution < 1.29 is 9.90 Å². The molecule has 1 amide bonds. The first kappa shape index (κ1) is 24.0. The standard InChI is InChI=1S/C26H29N7O2/c1-17(34)8-11-28-23-7-6-19(15-31-23)22-14-24(33-16-32-22)29-12-9-18-4-3-5-20-21(26(35)27-2)10-13-30-25(18)20/h3-7,10,13-17,34H,8-9,11-12H2,1-2H3,(H,27,35)(H,28,31)(H,29,32,33). The SMILES string of the molecule is CNC(=O)c1ccnc2c(CCNc3cc(-c4ccc(NCCC(C)O)nc4)ncn3)cccc12. The fourth-order valence-electron chi connectivity index (χ4n) is 3.77. The summed E-state index contributed by atoms with van der Waals surface area (Å²) in [6.45, 7) is 3.07. The van der Waals surface area contributed by atoms with Gasteiger partial charge in [0.05, 0.1) is 22.9 Å². The highest BCUT2D eigenvalue weighted by Gasteiger charge is 2.11. The molecular formula is C26H29N7O2. The molecule has 1 unspecified atom stereocenters. The van der Waals surface area contributed by atoms with Crippen LogP contribution in [0.1, 0.15) is 29.3 Å². The van der Waals surface area contributed by atoms with Crippen LogP contribution in [0.15, 0.2) is 61.2 Å². The van der Waals surface area contributed by atoms with Crippen molar-refractivity contribution in [2.45, 2.75) is 25.9 Å². The minimum Gasteiger partial charge on any atom is -0.393 e. The average molecular weight is 472 g/mol. The highest BCUT2D eigenvalue weighted by atomic mass is 16.3. The average Bonchev–Trinajstić information content (AvgIpc) is 2.88. The number of fused-ring (bicyclic) bond motifs is 1. The van der Waals surface area contributed by atoms with E-state index in [-0.39, 0.29) is 12.0 Å². The van der Waals surface area contributed by atoms with Crippen molar-refractivity contribution in [2.24, 2.45) is 0 Å². The number of hydrogen-bond donors (Lipinski definition) is 4. The number of hydrogen-bond acceptors (Lipinski definition) is 8. The number of carbonyl (C=O) groups excluding carboxylic acids is 1. The molecule has 4 rings (SSSR count). The van der Waals surface area contributed by atoms with Gasteiger partial charge in [0.1, 0.15) is 18.0 Å². The van der Waals surface area contributed by atoms with Crippen molar-refractivity contribution in [1.82, 2.24) is 25.3 Å². The molecular weight excluding hydrogens is 442 g/mol. The Morgan fingerprint density at radius 3 is 2.63 bits per heavy atom. The number of carbonyl (C=O) groups is 1. The van der Waals surface area contributed by atoms with Gasteiger partial charge in [-0.05, 0) is 43.5 Å². The predicted octanol–water partition coefficient (Wildman–Crippen LogP) is 3.28. The summed E-state index contributed by atoms with van der Waals surface area (Å²) in [6, 6.07) is 13.4. The third kappa shape index (κ3) is 6.07. The van der Waals surface area contributed by atoms with E-state index < -0.39 is 0 Å². The Balaban J connectivity index is 1.40. The maximum atomic E-state index is 12.2. The summed E-state index contributed by atoms with van der Waals surface area (Å²) < 4.78 is 0. The number of rotatable bonds is 10. The van der Waals surface area contributed by atoms with Crippen molar-refractivity contribution in [1.29, 1.82) is 0 Å². The first-order chi connectivity index (χ1) is 17.0. The minimum atomic E-state index is -0.342. The zero-order chi connectivity index (χ0) is 24.6. The number of aromatic nitrogens is 4. The second-order valence-electron chi connectivity index (χ2n) is 8.21. The Kier molecular flexibility index (Phi) is 7.79. The maximum absolute atomic E-state index is 12.2. The summed E-state index contributed by atoms with van der Waals surface area (Å²) >= 11 is 0. The van der Waals surface area contributed by atoms with Gasteiger partial charge in [-0.25, -0.2) is 15.0 Å². The van der Waals surface area contributed by atoms with Crippen molar-refractivity contribution in [3.8, 4) is 11.3 Å². The number of anilines is 2. The molecule has 3 aromatic heterocycles. The lowest BCUT2D eigenvalue weighted by Crippen LogP contribution is -2.18. The zero-order valence-electron chi connectivity index (χ0n) is 19.8. The summed E-state index contributed by atoms with van der Waals surface area (Å²) in [6.07, 6.45) is 6.00. The molecule has 4 N–H and O–H groups in total. The van der Waals surface area contributed by atoms with Crippen LogP contribution in [0.3, 0.4) is 0 Å². The van der Waals surface area contributed by atoms with E-state index in [1.807, 2.05) is 36.4 Å². The molecule has 0 aliphatic rings. The summed E-state index contributed by atoms with van der Waals surface area (Å²) in [7, 11) is 1.62. The molecule has 0 bridgehead atoms. The number of amides is 1. The number of aliphatic hydroxyl groups excluding tert-OH is 1. The first-order valence-corrected chi connectivity index (χ1v) is 11.6. The maximum Gasteiger partial charge on any atom is 0.251 e. The molecule has 0 saturated carbocycles. The van der Waals surface area contributed by atoms with E-state index >= 15 is 0 Å². The molecule has 0 aliphatic heterocycles. The zero-order valence-corrected chi connectivity index (χ0v) is 19.8. The van der Waals surface area contributed by atoms with Crippen LogP contribution in [0.4, 0.5) is 11.6 Å². The third-order valence-electron chi connectivity index (χ3n) is 5.62. The van der Waals surface area contributed by atoms with Crippen molar-refractivity contribution >= 4 is 28.4 Å². The Morgan fingerprint density at radius 2 is 1.86 bits per heavy atom. The van der Waals surface area contributed by atoms with Gasteiger partial charge < -0.3 is 21.1 Å². The van der Waals surface area contributed by atoms with Gasteiger partial charge in [-0.2, -0.15) is 0 Å². The number of nitrogens with one attached hydrogen (secondary N) is 3. The normalized spacial score (nSPS) is 11.7. The van der Waals surface area contributed by atoms with E-state index in [1.165, 1.54) is 6.33 Å². The molecule has 0 saturated heterocycles. The lowest BCUT2D eigenvalue weighted by Gasteiger charge is -2.11. The van der Waals surface area contributed by atoms with Crippen LogP contribution in [-0.2, 0) is 6.42 Å². The first-order valence-electron chi connectivity index (χ1n) is 11.6. The van der Waals surface area contributed by atoms with E-state index in [1.54, 1.807) is 32.4 Å². The van der Waals surface area contributed by atoms with Gasteiger partial charge >= 0.3 is 0 Å². The molecule has 1 aromatic carbocycles. The molecule has 0 aliphatic carbocycles. The number of aliphatic hydroxyl groups is 1. The molecule has 0 spiro atoms. The molecule has 4 aromatic rings. The number of pyridine rings is 2. The summed E-state index contributed by atoms with van der Waals surface area (Å²) in [5, 5.41) is 19.4. The van der Waals surface area contributed by atoms with Crippen LogP contribution < -0.4 is 16.0 Å². The fraction of sp³-hybridized carbons (Fsp3) is 0.269. The molecule has 1 atom stereocenters. The van der Waals surface area contributed by atoms with Crippen molar-refractivity contribution in [3.63, 3.8) is 0 Å². The largest absolute Gasteiger partial charge is 0.393 e. The summed E-state index contributed by atoms with van der Waals surface area (Å²) in [5.74, 6) is 1.35. The van der Waals surface area contributed by atoms with Crippen LogP contribution in [0.2, 0.25) is 0 Å². The van der Waals surface area contributed by atoms with Gasteiger partial charge in [0, 0.05) is 49.5 Å². The number of nitrogens with zero attached hydrogens (tertiary/aromatic N) is 4. The van der Waals surface area contributed by atoms with Gasteiger partial charge in [0.15, 0.2) is 0 Å². The van der Waals surface area contributed by atoms with Crippen LogP contribution in [0.5, 0.6) is 0 Å². The van der Waals surface area contributed by atoms with Crippen LogP contribution in [0.25, 0.3) is 22.2 Å². The Labute approximate surface area is 204 Å². The van der Waals surface area contributed by atoms with E-state index in [4.69, 9.17) is 0 Å². The molecule has 0 fully saturated rings. The predicted molar refractivity (Wildman–Crippen MR) is 137 cm³/mol. The van der Waals surface area contributed by atoms with E-state index in [0.29, 0.717) is 30.9 Å². The van der Waals surface area contributed by atoms with E-state index in [0.717, 1.165) is 40.0 Å². The minimum absolute atomic E-state index is 0.126. The lowest BCUT2D eigenvalue weighted by atomic mass is 10.0. The number of benzene rings is 1. The van der Waals surface area contributed by atoms with E-state index in [2.05, 4.69) is 35.9 Å². The molecule has 3 heterocycles. The monoisotopic (exact) mass is 471 g/mol. The van der Waals surface area contributed by atoms with Crippen LogP contribution in [-0.4, -0.2) is 57.2 Å². The summed E-state index contributed by atoms with van der Waals surface area (Å²) in [4.78, 5) is 29.8. The lowest BCUT2D eigenvalue weighted by molar-refractivity contribution is 0.0964. The van der Waals surface area contributed by atoms with Gasteiger partial charge in [0.2, 0.25) is 0 Å². The number of para-hydroxylation sites is 1.